The maximum Gasteiger partial charge on any atom is 0.0734 e. The van der Waals surface area contributed by atoms with Crippen LogP contribution in [0.25, 0.3) is 0 Å². The molecule has 0 spiro atoms. The molecule has 2 nitrogen and oxygen atoms in total. The molecule has 5 saturated carbocycles. The smallest absolute Gasteiger partial charge is 0.0734 e. The van der Waals surface area contributed by atoms with Crippen LogP contribution in [0.15, 0.2) is 0 Å². The van der Waals surface area contributed by atoms with Crippen LogP contribution in [-0.2, 0) is 0 Å². The summed E-state index contributed by atoms with van der Waals surface area (Å²) >= 11 is 0. The molecule has 0 aromatic carbocycles. The minimum absolute atomic E-state index is 0.404. The van der Waals surface area contributed by atoms with Gasteiger partial charge in [0.25, 0.3) is 0 Å². The predicted molar refractivity (Wildman–Crippen MR) is 65.3 cm³/mol. The van der Waals surface area contributed by atoms with Gasteiger partial charge in [-0.15, -0.1) is 0 Å². The Morgan fingerprint density at radius 2 is 1.65 bits per heavy atom. The van der Waals surface area contributed by atoms with Gasteiger partial charge in [-0.3, -0.25) is 0 Å². The molecule has 0 aromatic heterocycles. The molecule has 2 heteroatoms. The SMILES string of the molecule is CC1CC2C3CC4(O)CC2C(C1)C(O)(C4)C3C. The highest BCUT2D eigenvalue weighted by Gasteiger charge is 2.69. The third-order valence-electron chi connectivity index (χ3n) is 6.86. The normalized spacial score (nSPS) is 68.5. The Hall–Kier alpha value is -0.0800. The van der Waals surface area contributed by atoms with Crippen molar-refractivity contribution in [2.24, 2.45) is 35.5 Å². The van der Waals surface area contributed by atoms with Gasteiger partial charge in [0.1, 0.15) is 0 Å². The van der Waals surface area contributed by atoms with Crippen LogP contribution in [0.1, 0.15) is 46.0 Å². The summed E-state index contributed by atoms with van der Waals surface area (Å²) in [5.41, 5.74) is -1.07. The lowest BCUT2D eigenvalue weighted by molar-refractivity contribution is -0.294. The van der Waals surface area contributed by atoms with Crippen molar-refractivity contribution < 1.29 is 10.2 Å². The lowest BCUT2D eigenvalue weighted by atomic mass is 9.38. The first-order valence-electron chi connectivity index (χ1n) is 7.38. The highest BCUT2D eigenvalue weighted by Crippen LogP contribution is 2.68. The topological polar surface area (TPSA) is 40.5 Å². The molecule has 0 saturated heterocycles. The molecule has 0 radical (unpaired) electrons. The molecule has 5 fully saturated rings. The Labute approximate surface area is 103 Å². The lowest BCUT2D eigenvalue weighted by Crippen LogP contribution is -2.72. The van der Waals surface area contributed by atoms with E-state index in [1.165, 1.54) is 12.8 Å². The molecule has 0 aliphatic heterocycles. The third-order valence-corrected chi connectivity index (χ3v) is 6.86. The van der Waals surface area contributed by atoms with Gasteiger partial charge in [0.05, 0.1) is 11.2 Å². The summed E-state index contributed by atoms with van der Waals surface area (Å²) in [6, 6.07) is 0. The van der Waals surface area contributed by atoms with E-state index in [1.54, 1.807) is 0 Å². The van der Waals surface area contributed by atoms with E-state index in [0.717, 1.165) is 24.7 Å². The second-order valence-corrected chi connectivity index (χ2v) is 7.76. The Kier molecular flexibility index (Phi) is 1.85. The van der Waals surface area contributed by atoms with Crippen molar-refractivity contribution in [3.63, 3.8) is 0 Å². The zero-order valence-corrected chi connectivity index (χ0v) is 10.9. The van der Waals surface area contributed by atoms with Gasteiger partial charge >= 0.3 is 0 Å². The highest BCUT2D eigenvalue weighted by atomic mass is 16.3. The van der Waals surface area contributed by atoms with E-state index in [-0.39, 0.29) is 0 Å². The zero-order valence-electron chi connectivity index (χ0n) is 10.9. The van der Waals surface area contributed by atoms with Crippen molar-refractivity contribution in [1.82, 2.24) is 0 Å². The molecule has 0 aromatic rings. The van der Waals surface area contributed by atoms with Crippen LogP contribution in [0, 0.1) is 35.5 Å². The fourth-order valence-electron chi connectivity index (χ4n) is 6.33. The van der Waals surface area contributed by atoms with Gasteiger partial charge < -0.3 is 10.2 Å². The maximum atomic E-state index is 11.1. The number of aliphatic hydroxyl groups is 2. The minimum atomic E-state index is -0.550. The third kappa shape index (κ3) is 1.14. The van der Waals surface area contributed by atoms with Crippen LogP contribution >= 0.6 is 0 Å². The predicted octanol–water partition coefficient (Wildman–Crippen LogP) is 2.19. The zero-order chi connectivity index (χ0) is 12.0. The van der Waals surface area contributed by atoms with Crippen molar-refractivity contribution in [3.05, 3.63) is 0 Å². The van der Waals surface area contributed by atoms with Gasteiger partial charge in [0, 0.05) is 6.42 Å². The Bertz CT molecular complexity index is 358. The van der Waals surface area contributed by atoms with Crippen molar-refractivity contribution in [1.29, 1.82) is 0 Å². The average Bonchev–Trinajstić information content (AvgIpc) is 2.24. The van der Waals surface area contributed by atoms with Crippen LogP contribution < -0.4 is 0 Å². The molecule has 5 aliphatic rings. The molecule has 5 aliphatic carbocycles. The molecule has 8 unspecified atom stereocenters. The van der Waals surface area contributed by atoms with Gasteiger partial charge in [0.15, 0.2) is 0 Å². The monoisotopic (exact) mass is 236 g/mol. The second kappa shape index (κ2) is 2.91. The molecule has 2 N–H and O–H groups in total. The molecular weight excluding hydrogens is 212 g/mol. The minimum Gasteiger partial charge on any atom is -0.390 e. The van der Waals surface area contributed by atoms with Gasteiger partial charge in [-0.2, -0.15) is 0 Å². The summed E-state index contributed by atoms with van der Waals surface area (Å²) in [5, 5.41) is 21.8. The first kappa shape index (κ1) is 10.8. The molecule has 0 amide bonds. The van der Waals surface area contributed by atoms with Crippen LogP contribution in [-0.4, -0.2) is 21.4 Å². The van der Waals surface area contributed by atoms with Gasteiger partial charge in [-0.1, -0.05) is 13.8 Å². The number of hydrogen-bond donors (Lipinski definition) is 2. The van der Waals surface area contributed by atoms with E-state index in [9.17, 15) is 10.2 Å². The Morgan fingerprint density at radius 3 is 2.41 bits per heavy atom. The summed E-state index contributed by atoms with van der Waals surface area (Å²) in [6.45, 7) is 4.58. The Balaban J connectivity index is 1.83. The summed E-state index contributed by atoms with van der Waals surface area (Å²) in [6.07, 6.45) is 5.10. The molecule has 5 rings (SSSR count). The molecule has 6 bridgehead atoms. The fraction of sp³-hybridized carbons (Fsp3) is 1.00. The molecule has 0 heterocycles. The Morgan fingerprint density at radius 1 is 0.941 bits per heavy atom. The van der Waals surface area contributed by atoms with Gasteiger partial charge in [-0.05, 0) is 61.2 Å². The van der Waals surface area contributed by atoms with Crippen LogP contribution in [0.5, 0.6) is 0 Å². The van der Waals surface area contributed by atoms with E-state index >= 15 is 0 Å². The molecule has 17 heavy (non-hydrogen) atoms. The average molecular weight is 236 g/mol. The van der Waals surface area contributed by atoms with Crippen molar-refractivity contribution >= 4 is 0 Å². The fourth-order valence-corrected chi connectivity index (χ4v) is 6.33. The van der Waals surface area contributed by atoms with Crippen LogP contribution in [0.3, 0.4) is 0 Å². The lowest BCUT2D eigenvalue weighted by Gasteiger charge is -2.70. The number of rotatable bonds is 0. The summed E-state index contributed by atoms with van der Waals surface area (Å²) in [4.78, 5) is 0. The van der Waals surface area contributed by atoms with E-state index in [1.807, 2.05) is 0 Å². The summed E-state index contributed by atoms with van der Waals surface area (Å²) < 4.78 is 0. The van der Waals surface area contributed by atoms with Crippen molar-refractivity contribution in [3.8, 4) is 0 Å². The van der Waals surface area contributed by atoms with Gasteiger partial charge in [-0.25, -0.2) is 0 Å². The highest BCUT2D eigenvalue weighted by molar-refractivity contribution is 5.19. The maximum absolute atomic E-state index is 11.1. The summed E-state index contributed by atoms with van der Waals surface area (Å²) in [5.74, 6) is 3.64. The first-order chi connectivity index (χ1) is 7.93. The molecule has 96 valence electrons. The number of hydrogen-bond acceptors (Lipinski definition) is 2. The van der Waals surface area contributed by atoms with E-state index in [2.05, 4.69) is 13.8 Å². The molecule has 8 atom stereocenters. The molecular formula is C15H24O2. The largest absolute Gasteiger partial charge is 0.390 e. The standard InChI is InChI=1S/C15H24O2/c1-8-3-10-11-5-14(16)6-12(10)13(4-8)15(17,7-14)9(11)2/h8-13,16-17H,3-7H2,1-2H3. The second-order valence-electron chi connectivity index (χ2n) is 7.76. The van der Waals surface area contributed by atoms with E-state index < -0.39 is 11.2 Å². The van der Waals surface area contributed by atoms with Crippen LogP contribution in [0.4, 0.5) is 0 Å². The van der Waals surface area contributed by atoms with Crippen LogP contribution in [0.2, 0.25) is 0 Å². The van der Waals surface area contributed by atoms with E-state index in [4.69, 9.17) is 0 Å². The van der Waals surface area contributed by atoms with Crippen molar-refractivity contribution in [2.75, 3.05) is 0 Å². The summed E-state index contributed by atoms with van der Waals surface area (Å²) in [7, 11) is 0. The van der Waals surface area contributed by atoms with E-state index in [0.29, 0.717) is 30.1 Å². The van der Waals surface area contributed by atoms with Gasteiger partial charge in [0.2, 0.25) is 0 Å². The first-order valence-corrected chi connectivity index (χ1v) is 7.38. The van der Waals surface area contributed by atoms with Crippen molar-refractivity contribution in [2.45, 2.75) is 57.2 Å². The quantitative estimate of drug-likeness (QED) is 0.677.